The number of hydrogen-bond donors (Lipinski definition) is 0. The Morgan fingerprint density at radius 1 is 1.05 bits per heavy atom. The summed E-state index contributed by atoms with van der Waals surface area (Å²) in [5, 5.41) is 4.77. The van der Waals surface area contributed by atoms with Crippen molar-refractivity contribution in [3.05, 3.63) is 59.6 Å². The Morgan fingerprint density at radius 2 is 1.84 bits per heavy atom. The van der Waals surface area contributed by atoms with Crippen LogP contribution in [-0.4, -0.2) is 19.7 Å². The van der Waals surface area contributed by atoms with Gasteiger partial charge in [0.25, 0.3) is 0 Å². The summed E-state index contributed by atoms with van der Waals surface area (Å²) in [6, 6.07) is 13.5. The van der Waals surface area contributed by atoms with Gasteiger partial charge in [-0.2, -0.15) is 5.10 Å². The van der Waals surface area contributed by atoms with Crippen molar-refractivity contribution in [2.24, 2.45) is 0 Å². The van der Waals surface area contributed by atoms with Crippen LogP contribution in [0.2, 0.25) is 5.15 Å². The second-order valence-electron chi connectivity index (χ2n) is 4.09. The Hall–Kier alpha value is -2.20. The van der Waals surface area contributed by atoms with Crippen molar-refractivity contribution in [3.63, 3.8) is 0 Å². The van der Waals surface area contributed by atoms with Gasteiger partial charge in [0, 0.05) is 6.07 Å². The zero-order chi connectivity index (χ0) is 13.2. The normalized spacial score (nSPS) is 10.6. The molecule has 3 rings (SSSR count). The summed E-state index contributed by atoms with van der Waals surface area (Å²) in [5.74, 6) is 0.642. The van der Waals surface area contributed by atoms with Crippen LogP contribution in [0.3, 0.4) is 0 Å². The smallest absolute Gasteiger partial charge is 0.133 e. The van der Waals surface area contributed by atoms with E-state index in [0.717, 1.165) is 17.1 Å². The first-order valence-electron chi connectivity index (χ1n) is 5.85. The van der Waals surface area contributed by atoms with Crippen molar-refractivity contribution in [2.45, 2.75) is 6.92 Å². The van der Waals surface area contributed by atoms with Gasteiger partial charge in [0.2, 0.25) is 0 Å². The van der Waals surface area contributed by atoms with Gasteiger partial charge >= 0.3 is 0 Å². The van der Waals surface area contributed by atoms with E-state index in [2.05, 4.69) is 15.1 Å². The van der Waals surface area contributed by atoms with E-state index in [1.165, 1.54) is 0 Å². The largest absolute Gasteiger partial charge is 0.232 e. The Morgan fingerprint density at radius 3 is 2.58 bits per heavy atom. The molecular formula is C14H11ClN4. The van der Waals surface area contributed by atoms with Gasteiger partial charge in [-0.05, 0) is 25.1 Å². The average molecular weight is 271 g/mol. The number of nitrogens with zero attached hydrogens (tertiary/aromatic N) is 4. The van der Waals surface area contributed by atoms with E-state index in [1.807, 2.05) is 48.0 Å². The highest BCUT2D eigenvalue weighted by molar-refractivity contribution is 6.29. The number of hydrogen-bond acceptors (Lipinski definition) is 3. The first-order valence-corrected chi connectivity index (χ1v) is 6.23. The van der Waals surface area contributed by atoms with Crippen molar-refractivity contribution in [2.75, 3.05) is 0 Å². The van der Waals surface area contributed by atoms with Gasteiger partial charge in [-0.1, -0.05) is 29.8 Å². The monoisotopic (exact) mass is 270 g/mol. The van der Waals surface area contributed by atoms with Gasteiger partial charge in [0.05, 0.1) is 23.3 Å². The molecule has 0 N–H and O–H groups in total. The highest BCUT2D eigenvalue weighted by Crippen LogP contribution is 2.22. The number of para-hydroxylation sites is 1. The SMILES string of the molecule is Cc1nc(Cl)cc(-c2ccnn2-c2ccccc2)n1. The lowest BCUT2D eigenvalue weighted by molar-refractivity contribution is 0.881. The van der Waals surface area contributed by atoms with E-state index in [1.54, 1.807) is 12.3 Å². The fourth-order valence-corrected chi connectivity index (χ4v) is 2.16. The minimum atomic E-state index is 0.434. The molecule has 0 bridgehead atoms. The summed E-state index contributed by atoms with van der Waals surface area (Å²) in [4.78, 5) is 8.48. The van der Waals surface area contributed by atoms with Crippen LogP contribution in [-0.2, 0) is 0 Å². The molecule has 0 saturated carbocycles. The third kappa shape index (κ3) is 2.35. The number of aryl methyl sites for hydroxylation is 1. The van der Waals surface area contributed by atoms with Crippen LogP contribution in [0.15, 0.2) is 48.7 Å². The lowest BCUT2D eigenvalue weighted by Gasteiger charge is -2.07. The predicted octanol–water partition coefficient (Wildman–Crippen LogP) is 3.29. The maximum absolute atomic E-state index is 5.98. The van der Waals surface area contributed by atoms with Crippen molar-refractivity contribution >= 4 is 11.6 Å². The lowest BCUT2D eigenvalue weighted by Crippen LogP contribution is -2.01. The second-order valence-corrected chi connectivity index (χ2v) is 4.47. The molecule has 0 radical (unpaired) electrons. The number of rotatable bonds is 2. The Kier molecular flexibility index (Phi) is 3.01. The summed E-state index contributed by atoms with van der Waals surface area (Å²) in [7, 11) is 0. The van der Waals surface area contributed by atoms with Crippen LogP contribution >= 0.6 is 11.6 Å². The van der Waals surface area contributed by atoms with E-state index in [9.17, 15) is 0 Å². The van der Waals surface area contributed by atoms with Gasteiger partial charge in [-0.25, -0.2) is 14.6 Å². The molecule has 0 atom stereocenters. The molecule has 1 aromatic carbocycles. The fraction of sp³-hybridized carbons (Fsp3) is 0.0714. The van der Waals surface area contributed by atoms with Gasteiger partial charge in [-0.3, -0.25) is 0 Å². The molecule has 2 heterocycles. The van der Waals surface area contributed by atoms with Crippen LogP contribution in [0, 0.1) is 6.92 Å². The van der Waals surface area contributed by atoms with Gasteiger partial charge in [0.15, 0.2) is 0 Å². The molecule has 94 valence electrons. The van der Waals surface area contributed by atoms with Crippen molar-refractivity contribution in [1.29, 1.82) is 0 Å². The van der Waals surface area contributed by atoms with E-state index in [4.69, 9.17) is 11.6 Å². The molecule has 0 aliphatic heterocycles. The van der Waals surface area contributed by atoms with E-state index in [-0.39, 0.29) is 0 Å². The zero-order valence-electron chi connectivity index (χ0n) is 10.3. The Labute approximate surface area is 115 Å². The van der Waals surface area contributed by atoms with Gasteiger partial charge in [0.1, 0.15) is 11.0 Å². The van der Waals surface area contributed by atoms with Crippen LogP contribution in [0.5, 0.6) is 0 Å². The van der Waals surface area contributed by atoms with E-state index >= 15 is 0 Å². The maximum atomic E-state index is 5.98. The van der Waals surface area contributed by atoms with Crippen LogP contribution < -0.4 is 0 Å². The molecule has 19 heavy (non-hydrogen) atoms. The number of halogens is 1. The summed E-state index contributed by atoms with van der Waals surface area (Å²) in [6.45, 7) is 1.82. The van der Waals surface area contributed by atoms with Crippen molar-refractivity contribution in [1.82, 2.24) is 19.7 Å². The molecular weight excluding hydrogens is 260 g/mol. The fourth-order valence-electron chi connectivity index (χ4n) is 1.93. The van der Waals surface area contributed by atoms with Crippen LogP contribution in [0.25, 0.3) is 17.1 Å². The molecule has 0 spiro atoms. The highest BCUT2D eigenvalue weighted by atomic mass is 35.5. The zero-order valence-corrected chi connectivity index (χ0v) is 11.0. The second kappa shape index (κ2) is 4.82. The highest BCUT2D eigenvalue weighted by Gasteiger charge is 2.10. The minimum Gasteiger partial charge on any atom is -0.232 e. The summed E-state index contributed by atoms with van der Waals surface area (Å²) >= 11 is 5.98. The number of aromatic nitrogens is 4. The Balaban J connectivity index is 2.15. The molecule has 2 aromatic heterocycles. The maximum Gasteiger partial charge on any atom is 0.133 e. The van der Waals surface area contributed by atoms with E-state index in [0.29, 0.717) is 11.0 Å². The molecule has 0 unspecified atom stereocenters. The van der Waals surface area contributed by atoms with E-state index < -0.39 is 0 Å². The third-order valence-corrected chi connectivity index (χ3v) is 2.91. The topological polar surface area (TPSA) is 43.6 Å². The van der Waals surface area contributed by atoms with Crippen molar-refractivity contribution < 1.29 is 0 Å². The van der Waals surface area contributed by atoms with Crippen LogP contribution in [0.1, 0.15) is 5.82 Å². The predicted molar refractivity (Wildman–Crippen MR) is 74.3 cm³/mol. The van der Waals surface area contributed by atoms with Crippen molar-refractivity contribution in [3.8, 4) is 17.1 Å². The molecule has 0 aliphatic rings. The third-order valence-electron chi connectivity index (χ3n) is 2.71. The van der Waals surface area contributed by atoms with Gasteiger partial charge < -0.3 is 0 Å². The standard InChI is InChI=1S/C14H11ClN4/c1-10-17-12(9-14(15)18-10)13-7-8-16-19(13)11-5-3-2-4-6-11/h2-9H,1H3. The lowest BCUT2D eigenvalue weighted by atomic mass is 10.2. The first-order chi connectivity index (χ1) is 9.24. The summed E-state index contributed by atoms with van der Waals surface area (Å²) < 4.78 is 1.83. The van der Waals surface area contributed by atoms with Crippen LogP contribution in [0.4, 0.5) is 0 Å². The number of benzene rings is 1. The van der Waals surface area contributed by atoms with Gasteiger partial charge in [-0.15, -0.1) is 0 Å². The molecule has 4 nitrogen and oxygen atoms in total. The molecule has 0 fully saturated rings. The summed E-state index contributed by atoms with van der Waals surface area (Å²) in [5.41, 5.74) is 2.63. The minimum absolute atomic E-state index is 0.434. The molecule has 0 saturated heterocycles. The molecule has 0 aliphatic carbocycles. The molecule has 5 heteroatoms. The Bertz CT molecular complexity index is 686. The first kappa shape index (κ1) is 11.9. The molecule has 0 amide bonds. The molecule has 3 aromatic rings. The summed E-state index contributed by atoms with van der Waals surface area (Å²) in [6.07, 6.45) is 1.74. The average Bonchev–Trinajstić information content (AvgIpc) is 2.88. The quantitative estimate of drug-likeness (QED) is 0.671.